The minimum Gasteiger partial charge on any atom is -0.227 e. The summed E-state index contributed by atoms with van der Waals surface area (Å²) in [6.07, 6.45) is 1.47. The third kappa shape index (κ3) is 2.47. The molecule has 1 aromatic heterocycles. The van der Waals surface area contributed by atoms with E-state index in [1.807, 2.05) is 0 Å². The van der Waals surface area contributed by atoms with E-state index in [-0.39, 0.29) is 0 Å². The molecule has 0 atom stereocenters. The zero-order valence-corrected chi connectivity index (χ0v) is 11.5. The first-order chi connectivity index (χ1) is 7.58. The topological polar surface area (TPSA) is 12.9 Å². The molecular formula is C11H5Cl2FIN. The highest BCUT2D eigenvalue weighted by atomic mass is 127. The lowest BCUT2D eigenvalue weighted by Crippen LogP contribution is -1.90. The average Bonchev–Trinajstić information content (AvgIpc) is 2.26. The minimum absolute atomic E-state index is 0.400. The molecule has 0 aliphatic heterocycles. The van der Waals surface area contributed by atoms with Crippen LogP contribution in [0.5, 0.6) is 0 Å². The maximum Gasteiger partial charge on any atom is 0.220 e. The first-order valence-corrected chi connectivity index (χ1v) is 6.18. The second kappa shape index (κ2) is 4.85. The van der Waals surface area contributed by atoms with Crippen LogP contribution in [0.4, 0.5) is 4.39 Å². The Hall–Kier alpha value is -0.390. The molecule has 0 amide bonds. The largest absolute Gasteiger partial charge is 0.227 e. The third-order valence-electron chi connectivity index (χ3n) is 2.04. The number of hydrogen-bond acceptors (Lipinski definition) is 1. The Morgan fingerprint density at radius 2 is 1.88 bits per heavy atom. The molecule has 0 saturated heterocycles. The quantitative estimate of drug-likeness (QED) is 0.521. The number of pyridine rings is 1. The van der Waals surface area contributed by atoms with Gasteiger partial charge in [0.05, 0.1) is 10.0 Å². The lowest BCUT2D eigenvalue weighted by atomic mass is 10.1. The Morgan fingerprint density at radius 3 is 2.56 bits per heavy atom. The predicted octanol–water partition coefficient (Wildman–Crippen LogP) is 4.80. The van der Waals surface area contributed by atoms with Crippen LogP contribution in [0.15, 0.2) is 30.5 Å². The maximum atomic E-state index is 13.5. The van der Waals surface area contributed by atoms with Gasteiger partial charge >= 0.3 is 0 Å². The van der Waals surface area contributed by atoms with Crippen molar-refractivity contribution in [3.8, 4) is 11.1 Å². The van der Waals surface area contributed by atoms with Crippen LogP contribution in [0.3, 0.4) is 0 Å². The Bertz CT molecular complexity index is 546. The molecule has 1 aromatic carbocycles. The van der Waals surface area contributed by atoms with Gasteiger partial charge in [-0.3, -0.25) is 0 Å². The van der Waals surface area contributed by atoms with E-state index in [2.05, 4.69) is 27.6 Å². The number of aromatic nitrogens is 1. The lowest BCUT2D eigenvalue weighted by molar-refractivity contribution is 0.587. The van der Waals surface area contributed by atoms with Gasteiger partial charge in [0.25, 0.3) is 0 Å². The Labute approximate surface area is 116 Å². The van der Waals surface area contributed by atoms with Gasteiger partial charge in [-0.25, -0.2) is 4.98 Å². The summed E-state index contributed by atoms with van der Waals surface area (Å²) in [5.41, 5.74) is 1.09. The van der Waals surface area contributed by atoms with E-state index in [1.165, 1.54) is 6.20 Å². The molecule has 16 heavy (non-hydrogen) atoms. The van der Waals surface area contributed by atoms with E-state index >= 15 is 0 Å². The van der Waals surface area contributed by atoms with E-state index in [1.54, 1.807) is 24.3 Å². The molecule has 0 bridgehead atoms. The Kier molecular flexibility index (Phi) is 3.66. The molecule has 0 N–H and O–H groups in total. The smallest absolute Gasteiger partial charge is 0.220 e. The van der Waals surface area contributed by atoms with Crippen LogP contribution < -0.4 is 0 Å². The molecule has 0 spiro atoms. The van der Waals surface area contributed by atoms with Crippen LogP contribution in [0, 0.1) is 9.52 Å². The summed E-state index contributed by atoms with van der Waals surface area (Å²) in [4.78, 5) is 3.66. The third-order valence-corrected chi connectivity index (χ3v) is 3.37. The molecule has 0 radical (unpaired) electrons. The highest BCUT2D eigenvalue weighted by molar-refractivity contribution is 14.1. The van der Waals surface area contributed by atoms with Crippen LogP contribution in [-0.4, -0.2) is 4.98 Å². The van der Waals surface area contributed by atoms with Crippen molar-refractivity contribution in [1.29, 1.82) is 0 Å². The summed E-state index contributed by atoms with van der Waals surface area (Å²) >= 11 is 13.8. The van der Waals surface area contributed by atoms with E-state index in [0.717, 1.165) is 3.57 Å². The number of benzene rings is 1. The van der Waals surface area contributed by atoms with Gasteiger partial charge in [0, 0.05) is 15.3 Å². The normalized spacial score (nSPS) is 10.5. The van der Waals surface area contributed by atoms with E-state index in [9.17, 15) is 4.39 Å². The average molecular weight is 368 g/mol. The molecule has 2 rings (SSSR count). The summed E-state index contributed by atoms with van der Waals surface area (Å²) in [6, 6.07) is 6.69. The molecule has 0 unspecified atom stereocenters. The van der Waals surface area contributed by atoms with Crippen LogP contribution >= 0.6 is 45.8 Å². The molecule has 5 heteroatoms. The molecule has 0 saturated carbocycles. The van der Waals surface area contributed by atoms with Crippen molar-refractivity contribution in [2.24, 2.45) is 0 Å². The zero-order chi connectivity index (χ0) is 11.7. The van der Waals surface area contributed by atoms with Gasteiger partial charge in [-0.1, -0.05) is 29.3 Å². The monoisotopic (exact) mass is 367 g/mol. The SMILES string of the molecule is Fc1ncc(I)cc1-c1ccc(Cl)c(Cl)c1. The van der Waals surface area contributed by atoms with Gasteiger partial charge in [-0.15, -0.1) is 0 Å². The fourth-order valence-electron chi connectivity index (χ4n) is 1.29. The highest BCUT2D eigenvalue weighted by Gasteiger charge is 2.08. The standard InChI is InChI=1S/C11H5Cl2FIN/c12-9-2-1-6(3-10(9)13)8-4-7(15)5-16-11(8)14/h1-5H. The molecule has 82 valence electrons. The van der Waals surface area contributed by atoms with Crippen LogP contribution in [0.25, 0.3) is 11.1 Å². The summed E-state index contributed by atoms with van der Waals surface area (Å²) in [5.74, 6) is -0.515. The number of nitrogens with zero attached hydrogens (tertiary/aromatic N) is 1. The summed E-state index contributed by atoms with van der Waals surface area (Å²) < 4.78 is 14.4. The van der Waals surface area contributed by atoms with Gasteiger partial charge in [0.15, 0.2) is 0 Å². The van der Waals surface area contributed by atoms with Crippen molar-refractivity contribution in [1.82, 2.24) is 4.98 Å². The predicted molar refractivity (Wildman–Crippen MR) is 72.4 cm³/mol. The Morgan fingerprint density at radius 1 is 1.12 bits per heavy atom. The molecular weight excluding hydrogens is 363 g/mol. The van der Waals surface area contributed by atoms with Crippen molar-refractivity contribution < 1.29 is 4.39 Å². The van der Waals surface area contributed by atoms with Crippen molar-refractivity contribution in [2.75, 3.05) is 0 Å². The van der Waals surface area contributed by atoms with Gasteiger partial charge in [0.2, 0.25) is 5.95 Å². The fraction of sp³-hybridized carbons (Fsp3) is 0. The van der Waals surface area contributed by atoms with Crippen LogP contribution in [-0.2, 0) is 0 Å². The van der Waals surface area contributed by atoms with E-state index in [0.29, 0.717) is 21.2 Å². The van der Waals surface area contributed by atoms with Crippen LogP contribution in [0.2, 0.25) is 10.0 Å². The fourth-order valence-corrected chi connectivity index (χ4v) is 2.04. The van der Waals surface area contributed by atoms with Crippen LogP contribution in [0.1, 0.15) is 0 Å². The van der Waals surface area contributed by atoms with Gasteiger partial charge in [-0.2, -0.15) is 4.39 Å². The Balaban J connectivity index is 2.58. The number of hydrogen-bond donors (Lipinski definition) is 0. The highest BCUT2D eigenvalue weighted by Crippen LogP contribution is 2.29. The zero-order valence-electron chi connectivity index (χ0n) is 7.85. The molecule has 0 aliphatic rings. The first kappa shape index (κ1) is 12.1. The van der Waals surface area contributed by atoms with Gasteiger partial charge < -0.3 is 0 Å². The van der Waals surface area contributed by atoms with Crippen molar-refractivity contribution in [3.63, 3.8) is 0 Å². The number of halogens is 4. The van der Waals surface area contributed by atoms with E-state index in [4.69, 9.17) is 23.2 Å². The molecule has 1 nitrogen and oxygen atoms in total. The molecule has 2 aromatic rings. The molecule has 0 aliphatic carbocycles. The molecule has 0 fully saturated rings. The lowest BCUT2D eigenvalue weighted by Gasteiger charge is -2.04. The summed E-state index contributed by atoms with van der Waals surface area (Å²) in [7, 11) is 0. The van der Waals surface area contributed by atoms with E-state index < -0.39 is 5.95 Å². The minimum atomic E-state index is -0.515. The maximum absolute atomic E-state index is 13.5. The second-order valence-corrected chi connectivity index (χ2v) is 5.18. The molecule has 1 heterocycles. The first-order valence-electron chi connectivity index (χ1n) is 4.34. The number of rotatable bonds is 1. The second-order valence-electron chi connectivity index (χ2n) is 3.12. The van der Waals surface area contributed by atoms with Crippen molar-refractivity contribution >= 4 is 45.8 Å². The summed E-state index contributed by atoms with van der Waals surface area (Å²) in [5, 5.41) is 0.849. The summed E-state index contributed by atoms with van der Waals surface area (Å²) in [6.45, 7) is 0. The van der Waals surface area contributed by atoms with Crippen molar-refractivity contribution in [3.05, 3.63) is 50.0 Å². The van der Waals surface area contributed by atoms with Gasteiger partial charge in [-0.05, 0) is 46.4 Å². The van der Waals surface area contributed by atoms with Crippen molar-refractivity contribution in [2.45, 2.75) is 0 Å². The van der Waals surface area contributed by atoms with Gasteiger partial charge in [0.1, 0.15) is 0 Å².